The number of benzene rings is 2. The minimum Gasteiger partial charge on any atom is -0.593 e. The number of alkyl halides is 3. The summed E-state index contributed by atoms with van der Waals surface area (Å²) in [6.07, 6.45) is -2.21. The highest BCUT2D eigenvalue weighted by atomic mass is 32.2. The molecule has 5 nitrogen and oxygen atoms in total. The van der Waals surface area contributed by atoms with E-state index >= 15 is 0 Å². The van der Waals surface area contributed by atoms with Crippen LogP contribution >= 0.6 is 0 Å². The maximum absolute atomic E-state index is 12.6. The molecule has 9 heteroatoms. The van der Waals surface area contributed by atoms with Crippen LogP contribution in [0.1, 0.15) is 12.0 Å². The van der Waals surface area contributed by atoms with Crippen molar-refractivity contribution < 1.29 is 22.5 Å². The van der Waals surface area contributed by atoms with Crippen molar-refractivity contribution in [2.45, 2.75) is 30.3 Å². The number of rotatable bonds is 7. The lowest BCUT2D eigenvalue weighted by Crippen LogP contribution is -2.37. The second-order valence-corrected chi connectivity index (χ2v) is 8.79. The van der Waals surface area contributed by atoms with Crippen LogP contribution in [-0.2, 0) is 17.9 Å². The summed E-state index contributed by atoms with van der Waals surface area (Å²) >= 11 is -1.63. The fraction of sp³-hybridized carbons (Fsp3) is 0.261. The number of aromatic nitrogens is 1. The summed E-state index contributed by atoms with van der Waals surface area (Å²) in [5.74, 6) is -0.382. The number of ether oxygens (including phenoxy) is 1. The lowest BCUT2D eigenvalue weighted by Gasteiger charge is -2.18. The maximum atomic E-state index is 12.6. The molecule has 0 amide bonds. The smallest absolute Gasteiger partial charge is 0.573 e. The first kappa shape index (κ1) is 22.6. The van der Waals surface area contributed by atoms with E-state index in [1.165, 1.54) is 23.8 Å². The summed E-state index contributed by atoms with van der Waals surface area (Å²) in [6.45, 7) is 2.31. The third-order valence-corrected chi connectivity index (χ3v) is 6.35. The Balaban J connectivity index is 1.30. The van der Waals surface area contributed by atoms with Gasteiger partial charge in [0.15, 0.2) is 4.90 Å². The second kappa shape index (κ2) is 9.91. The third kappa shape index (κ3) is 6.23. The molecule has 1 aromatic heterocycles. The number of nitrogens with zero attached hydrogens (tertiary/aromatic N) is 2. The zero-order valence-electron chi connectivity index (χ0n) is 17.1. The number of halogens is 3. The molecule has 2 heterocycles. The molecule has 1 aliphatic rings. The normalized spacial score (nSPS) is 17.9. The van der Waals surface area contributed by atoms with Crippen LogP contribution in [-0.4, -0.2) is 39.9 Å². The SMILES string of the molecule is [O-][S+](N[C@@H]1CCN(Cc2ccc(-c3ccccn3)cc2)C1)c1cccc(OC(F)(F)F)c1. The molecular formula is C23H22F3N3O2S. The molecule has 1 aliphatic heterocycles. The number of hydrogen-bond donors (Lipinski definition) is 1. The van der Waals surface area contributed by atoms with E-state index in [1.54, 1.807) is 6.20 Å². The molecule has 3 aromatic rings. The largest absolute Gasteiger partial charge is 0.593 e. The summed E-state index contributed by atoms with van der Waals surface area (Å²) in [6, 6.07) is 19.3. The van der Waals surface area contributed by atoms with E-state index in [-0.39, 0.29) is 16.7 Å². The molecule has 1 fully saturated rings. The number of nitrogens with one attached hydrogen (secondary N) is 1. The summed E-state index contributed by atoms with van der Waals surface area (Å²) in [7, 11) is 0. The highest BCUT2D eigenvalue weighted by molar-refractivity contribution is 7.89. The Hall–Kier alpha value is -2.59. The van der Waals surface area contributed by atoms with Gasteiger partial charge in [0, 0.05) is 37.5 Å². The summed E-state index contributed by atoms with van der Waals surface area (Å²) < 4.78 is 56.7. The lowest BCUT2D eigenvalue weighted by atomic mass is 10.1. The standard InChI is InChI=1S/C23H22F3N3O2S/c24-23(25,26)31-20-4-3-5-21(14-20)32(30)28-19-11-13-29(16-19)15-17-7-9-18(10-8-17)22-6-1-2-12-27-22/h1-10,12,14,19,28H,11,13,15-16H2/t19-,32?/m1/s1. The van der Waals surface area contributed by atoms with Gasteiger partial charge in [-0.1, -0.05) is 36.4 Å². The van der Waals surface area contributed by atoms with Gasteiger partial charge in [-0.3, -0.25) is 9.88 Å². The van der Waals surface area contributed by atoms with Gasteiger partial charge in [0.05, 0.1) is 23.1 Å². The van der Waals surface area contributed by atoms with Crippen LogP contribution in [0.2, 0.25) is 0 Å². The van der Waals surface area contributed by atoms with Gasteiger partial charge in [0.25, 0.3) is 0 Å². The van der Waals surface area contributed by atoms with Gasteiger partial charge in [-0.15, -0.1) is 17.9 Å². The Morgan fingerprint density at radius 1 is 1.09 bits per heavy atom. The van der Waals surface area contributed by atoms with Crippen LogP contribution in [0.4, 0.5) is 13.2 Å². The van der Waals surface area contributed by atoms with Crippen LogP contribution in [0.5, 0.6) is 5.75 Å². The lowest BCUT2D eigenvalue weighted by molar-refractivity contribution is -0.274. The Kier molecular flexibility index (Phi) is 7.00. The highest BCUT2D eigenvalue weighted by Crippen LogP contribution is 2.25. The molecule has 4 rings (SSSR count). The van der Waals surface area contributed by atoms with Crippen molar-refractivity contribution in [1.82, 2.24) is 14.6 Å². The molecule has 1 unspecified atom stereocenters. The second-order valence-electron chi connectivity index (χ2n) is 7.54. The van der Waals surface area contributed by atoms with E-state index in [4.69, 9.17) is 0 Å². The zero-order chi connectivity index (χ0) is 22.6. The highest BCUT2D eigenvalue weighted by Gasteiger charge is 2.32. The van der Waals surface area contributed by atoms with Gasteiger partial charge < -0.3 is 9.29 Å². The van der Waals surface area contributed by atoms with Gasteiger partial charge in [-0.05, 0) is 36.2 Å². The molecule has 1 N–H and O–H groups in total. The monoisotopic (exact) mass is 461 g/mol. The molecule has 2 atom stereocenters. The topological polar surface area (TPSA) is 60.5 Å². The van der Waals surface area contributed by atoms with Gasteiger partial charge in [-0.2, -0.15) is 0 Å². The fourth-order valence-corrected chi connectivity index (χ4v) is 4.71. The Bertz CT molecular complexity index is 1020. The quantitative estimate of drug-likeness (QED) is 0.524. The van der Waals surface area contributed by atoms with Gasteiger partial charge >= 0.3 is 6.36 Å². The van der Waals surface area contributed by atoms with Crippen molar-refractivity contribution in [3.05, 3.63) is 78.5 Å². The minimum absolute atomic E-state index is 0.0178. The Morgan fingerprint density at radius 3 is 2.62 bits per heavy atom. The molecule has 1 saturated heterocycles. The van der Waals surface area contributed by atoms with Crippen molar-refractivity contribution in [3.63, 3.8) is 0 Å². The van der Waals surface area contributed by atoms with E-state index in [0.717, 1.165) is 36.8 Å². The molecule has 0 aliphatic carbocycles. The summed E-state index contributed by atoms with van der Waals surface area (Å²) in [4.78, 5) is 6.86. The molecule has 168 valence electrons. The molecule has 0 bridgehead atoms. The zero-order valence-corrected chi connectivity index (χ0v) is 17.9. The predicted molar refractivity (Wildman–Crippen MR) is 116 cm³/mol. The van der Waals surface area contributed by atoms with E-state index in [9.17, 15) is 17.7 Å². The van der Waals surface area contributed by atoms with Crippen molar-refractivity contribution >= 4 is 11.4 Å². The van der Waals surface area contributed by atoms with E-state index in [1.807, 2.05) is 18.2 Å². The number of pyridine rings is 1. The fourth-order valence-electron chi connectivity index (χ4n) is 3.65. The molecular weight excluding hydrogens is 439 g/mol. The molecule has 0 radical (unpaired) electrons. The van der Waals surface area contributed by atoms with Crippen molar-refractivity contribution in [1.29, 1.82) is 0 Å². The maximum Gasteiger partial charge on any atom is 0.573 e. The van der Waals surface area contributed by atoms with Crippen molar-refractivity contribution in [2.24, 2.45) is 0 Å². The average Bonchev–Trinajstić information content (AvgIpc) is 3.20. The van der Waals surface area contributed by atoms with E-state index in [0.29, 0.717) is 6.54 Å². The summed E-state index contributed by atoms with van der Waals surface area (Å²) in [5.41, 5.74) is 3.16. The Labute approximate surface area is 187 Å². The van der Waals surface area contributed by atoms with Crippen LogP contribution in [0.25, 0.3) is 11.3 Å². The molecule has 0 spiro atoms. The Morgan fingerprint density at radius 2 is 1.91 bits per heavy atom. The first-order valence-corrected chi connectivity index (χ1v) is 11.3. The van der Waals surface area contributed by atoms with Gasteiger partial charge in [-0.25, -0.2) is 0 Å². The van der Waals surface area contributed by atoms with Crippen LogP contribution in [0, 0.1) is 0 Å². The average molecular weight is 462 g/mol. The molecule has 32 heavy (non-hydrogen) atoms. The van der Waals surface area contributed by atoms with Crippen LogP contribution in [0.3, 0.4) is 0 Å². The first-order valence-electron chi connectivity index (χ1n) is 10.1. The van der Waals surface area contributed by atoms with E-state index < -0.39 is 17.7 Å². The minimum atomic E-state index is -4.78. The van der Waals surface area contributed by atoms with Gasteiger partial charge in [0.2, 0.25) is 0 Å². The predicted octanol–water partition coefficient (Wildman–Crippen LogP) is 4.53. The first-order chi connectivity index (χ1) is 15.4. The number of likely N-dealkylation sites (tertiary alicyclic amines) is 1. The molecule has 0 saturated carbocycles. The van der Waals surface area contributed by atoms with Crippen molar-refractivity contribution in [2.75, 3.05) is 13.1 Å². The summed E-state index contributed by atoms with van der Waals surface area (Å²) in [5, 5.41) is 0. The number of hydrogen-bond acceptors (Lipinski definition) is 5. The van der Waals surface area contributed by atoms with Crippen LogP contribution < -0.4 is 9.46 Å². The molecule has 2 aromatic carbocycles. The van der Waals surface area contributed by atoms with Gasteiger partial charge in [0.1, 0.15) is 5.75 Å². The van der Waals surface area contributed by atoms with Crippen LogP contribution in [0.15, 0.2) is 77.8 Å². The van der Waals surface area contributed by atoms with E-state index in [2.05, 4.69) is 43.6 Å². The van der Waals surface area contributed by atoms with Crippen molar-refractivity contribution in [3.8, 4) is 17.0 Å². The third-order valence-electron chi connectivity index (χ3n) is 5.12.